The fourth-order valence-corrected chi connectivity index (χ4v) is 3.57. The fraction of sp³-hybridized carbons (Fsp3) is 0.263. The molecule has 1 fully saturated rings. The van der Waals surface area contributed by atoms with E-state index in [1.54, 1.807) is 17.0 Å². The van der Waals surface area contributed by atoms with Crippen molar-refractivity contribution in [2.24, 2.45) is 11.1 Å². The maximum absolute atomic E-state index is 12.4. The van der Waals surface area contributed by atoms with Crippen molar-refractivity contribution in [1.82, 2.24) is 5.32 Å². The second-order valence-electron chi connectivity index (χ2n) is 6.65. The van der Waals surface area contributed by atoms with E-state index in [4.69, 9.17) is 5.14 Å². The molecule has 27 heavy (non-hydrogen) atoms. The first-order chi connectivity index (χ1) is 12.7. The van der Waals surface area contributed by atoms with Crippen LogP contribution in [0.3, 0.4) is 0 Å². The molecule has 1 unspecified atom stereocenters. The highest BCUT2D eigenvalue weighted by Crippen LogP contribution is 2.26. The number of nitrogens with zero attached hydrogens (tertiary/aromatic N) is 1. The Labute approximate surface area is 158 Å². The number of primary sulfonamides is 1. The van der Waals surface area contributed by atoms with Gasteiger partial charge in [-0.3, -0.25) is 9.59 Å². The zero-order chi connectivity index (χ0) is 19.6. The minimum atomic E-state index is -3.74. The molecule has 1 saturated heterocycles. The predicted molar refractivity (Wildman–Crippen MR) is 101 cm³/mol. The molecule has 0 bridgehead atoms. The third-order valence-electron chi connectivity index (χ3n) is 4.53. The van der Waals surface area contributed by atoms with Gasteiger partial charge in [-0.05, 0) is 42.3 Å². The summed E-state index contributed by atoms with van der Waals surface area (Å²) in [5.41, 5.74) is 2.60. The molecule has 3 N–H and O–H groups in total. The lowest BCUT2D eigenvalue weighted by Crippen LogP contribution is -2.32. The minimum absolute atomic E-state index is 0.0211. The van der Waals surface area contributed by atoms with Crippen molar-refractivity contribution in [2.75, 3.05) is 11.4 Å². The van der Waals surface area contributed by atoms with Gasteiger partial charge in [-0.15, -0.1) is 0 Å². The molecule has 1 aliphatic heterocycles. The van der Waals surface area contributed by atoms with Crippen LogP contribution in [0, 0.1) is 12.8 Å². The summed E-state index contributed by atoms with van der Waals surface area (Å²) in [5.74, 6) is -0.686. The van der Waals surface area contributed by atoms with Crippen LogP contribution in [0.25, 0.3) is 0 Å². The van der Waals surface area contributed by atoms with E-state index in [-0.39, 0.29) is 29.7 Å². The molecule has 2 aromatic rings. The third kappa shape index (κ3) is 4.53. The number of aryl methyl sites for hydroxylation is 1. The molecule has 2 aromatic carbocycles. The van der Waals surface area contributed by atoms with E-state index in [0.29, 0.717) is 6.54 Å². The largest absolute Gasteiger partial charge is 0.352 e. The molecule has 3 rings (SSSR count). The van der Waals surface area contributed by atoms with Crippen LogP contribution in [0.5, 0.6) is 0 Å². The molecule has 0 spiro atoms. The summed E-state index contributed by atoms with van der Waals surface area (Å²) >= 11 is 0. The summed E-state index contributed by atoms with van der Waals surface area (Å²) < 4.78 is 22.5. The van der Waals surface area contributed by atoms with Gasteiger partial charge >= 0.3 is 0 Å². The molecular formula is C19H21N3O4S. The molecule has 142 valence electrons. The lowest BCUT2D eigenvalue weighted by Gasteiger charge is -2.17. The highest BCUT2D eigenvalue weighted by Gasteiger charge is 2.35. The van der Waals surface area contributed by atoms with E-state index < -0.39 is 15.9 Å². The number of rotatable bonds is 5. The van der Waals surface area contributed by atoms with Gasteiger partial charge < -0.3 is 10.2 Å². The number of hydrogen-bond acceptors (Lipinski definition) is 4. The Morgan fingerprint density at radius 2 is 1.93 bits per heavy atom. The number of sulfonamides is 1. The van der Waals surface area contributed by atoms with Crippen LogP contribution in [0.1, 0.15) is 17.5 Å². The highest BCUT2D eigenvalue weighted by molar-refractivity contribution is 7.89. The second kappa shape index (κ2) is 7.50. The molecule has 1 heterocycles. The standard InChI is InChI=1S/C19H21N3O4S/c1-13-3-2-4-16(9-13)22-12-15(10-18(22)23)19(24)21-11-14-5-7-17(8-6-14)27(20,25)26/h2-9,15H,10-12H2,1H3,(H,21,24)(H2,20,25,26). The molecule has 0 aliphatic carbocycles. The molecule has 2 amide bonds. The van der Waals surface area contributed by atoms with Crippen LogP contribution in [-0.4, -0.2) is 26.8 Å². The lowest BCUT2D eigenvalue weighted by molar-refractivity contribution is -0.126. The van der Waals surface area contributed by atoms with Gasteiger partial charge in [0, 0.05) is 25.2 Å². The van der Waals surface area contributed by atoms with Gasteiger partial charge in [-0.25, -0.2) is 13.6 Å². The third-order valence-corrected chi connectivity index (χ3v) is 5.46. The minimum Gasteiger partial charge on any atom is -0.352 e. The Hall–Kier alpha value is -2.71. The number of anilines is 1. The van der Waals surface area contributed by atoms with Gasteiger partial charge in [0.25, 0.3) is 0 Å². The van der Waals surface area contributed by atoms with E-state index in [1.165, 1.54) is 12.1 Å². The zero-order valence-electron chi connectivity index (χ0n) is 14.9. The summed E-state index contributed by atoms with van der Waals surface area (Å²) in [5, 5.41) is 7.87. The number of carbonyl (C=O) groups excluding carboxylic acids is 2. The summed E-state index contributed by atoms with van der Waals surface area (Å²) in [6.07, 6.45) is 0.171. The van der Waals surface area contributed by atoms with Crippen LogP contribution in [0.2, 0.25) is 0 Å². The van der Waals surface area contributed by atoms with Crippen LogP contribution < -0.4 is 15.4 Å². The molecule has 1 atom stereocenters. The Morgan fingerprint density at radius 3 is 2.56 bits per heavy atom. The average Bonchev–Trinajstić information content (AvgIpc) is 3.01. The van der Waals surface area contributed by atoms with Gasteiger partial charge in [0.05, 0.1) is 10.8 Å². The Bertz CT molecular complexity index is 971. The molecule has 8 heteroatoms. The van der Waals surface area contributed by atoms with Crippen molar-refractivity contribution in [1.29, 1.82) is 0 Å². The Kier molecular flexibility index (Phi) is 5.29. The monoisotopic (exact) mass is 387 g/mol. The van der Waals surface area contributed by atoms with Gasteiger partial charge in [0.1, 0.15) is 0 Å². The van der Waals surface area contributed by atoms with Gasteiger partial charge in [0.15, 0.2) is 0 Å². The number of hydrogen-bond donors (Lipinski definition) is 2. The first-order valence-corrected chi connectivity index (χ1v) is 10.0. The maximum Gasteiger partial charge on any atom is 0.238 e. The number of nitrogens with two attached hydrogens (primary N) is 1. The van der Waals surface area contributed by atoms with Crippen LogP contribution in [0.4, 0.5) is 5.69 Å². The quantitative estimate of drug-likeness (QED) is 0.806. The molecule has 0 radical (unpaired) electrons. The molecule has 7 nitrogen and oxygen atoms in total. The first kappa shape index (κ1) is 19.1. The zero-order valence-corrected chi connectivity index (χ0v) is 15.7. The van der Waals surface area contributed by atoms with E-state index in [2.05, 4.69) is 5.32 Å². The van der Waals surface area contributed by atoms with E-state index in [9.17, 15) is 18.0 Å². The lowest BCUT2D eigenvalue weighted by atomic mass is 10.1. The van der Waals surface area contributed by atoms with E-state index >= 15 is 0 Å². The van der Waals surface area contributed by atoms with Gasteiger partial charge in [-0.2, -0.15) is 0 Å². The number of amides is 2. The maximum atomic E-state index is 12.4. The molecule has 0 aromatic heterocycles. The predicted octanol–water partition coefficient (Wildman–Crippen LogP) is 1.31. The van der Waals surface area contributed by atoms with Gasteiger partial charge in [-0.1, -0.05) is 24.3 Å². The number of benzene rings is 2. The topological polar surface area (TPSA) is 110 Å². The molecule has 0 saturated carbocycles. The van der Waals surface area contributed by atoms with Crippen molar-refractivity contribution in [3.63, 3.8) is 0 Å². The second-order valence-corrected chi connectivity index (χ2v) is 8.21. The van der Waals surface area contributed by atoms with Gasteiger partial charge in [0.2, 0.25) is 21.8 Å². The molecule has 1 aliphatic rings. The van der Waals surface area contributed by atoms with Crippen LogP contribution >= 0.6 is 0 Å². The average molecular weight is 387 g/mol. The fourth-order valence-electron chi connectivity index (χ4n) is 3.06. The summed E-state index contributed by atoms with van der Waals surface area (Å²) in [4.78, 5) is 26.4. The Morgan fingerprint density at radius 1 is 1.22 bits per heavy atom. The van der Waals surface area contributed by atoms with Crippen molar-refractivity contribution in [2.45, 2.75) is 24.8 Å². The van der Waals surface area contributed by atoms with Crippen molar-refractivity contribution in [3.8, 4) is 0 Å². The van der Waals surface area contributed by atoms with Crippen molar-refractivity contribution in [3.05, 3.63) is 59.7 Å². The normalized spacial score (nSPS) is 17.2. The summed E-state index contributed by atoms with van der Waals surface area (Å²) in [7, 11) is -3.74. The Balaban J connectivity index is 1.60. The number of nitrogens with one attached hydrogen (secondary N) is 1. The van der Waals surface area contributed by atoms with E-state index in [1.807, 2.05) is 31.2 Å². The first-order valence-electron chi connectivity index (χ1n) is 8.50. The summed E-state index contributed by atoms with van der Waals surface area (Å²) in [6, 6.07) is 13.6. The highest BCUT2D eigenvalue weighted by atomic mass is 32.2. The smallest absolute Gasteiger partial charge is 0.238 e. The van der Waals surface area contributed by atoms with Crippen molar-refractivity contribution >= 4 is 27.5 Å². The molecular weight excluding hydrogens is 366 g/mol. The van der Waals surface area contributed by atoms with Crippen molar-refractivity contribution < 1.29 is 18.0 Å². The number of carbonyl (C=O) groups is 2. The van der Waals surface area contributed by atoms with Crippen LogP contribution in [0.15, 0.2) is 53.4 Å². The summed E-state index contributed by atoms with van der Waals surface area (Å²) in [6.45, 7) is 2.55. The van der Waals surface area contributed by atoms with Crippen LogP contribution in [-0.2, 0) is 26.2 Å². The SMILES string of the molecule is Cc1cccc(N2CC(C(=O)NCc3ccc(S(N)(=O)=O)cc3)CC2=O)c1. The van der Waals surface area contributed by atoms with E-state index in [0.717, 1.165) is 16.8 Å².